The normalized spacial score (nSPS) is 12.6. The number of carbonyl (C=O) groups is 3. The minimum atomic E-state index is -0.788. The van der Waals surface area contributed by atoms with Crippen LogP contribution in [0.4, 0.5) is 0 Å². The van der Waals surface area contributed by atoms with Crippen LogP contribution in [0.25, 0.3) is 0 Å². The minimum Gasteiger partial charge on any atom is -0.462 e. The molecule has 0 bridgehead atoms. The number of hydrogen-bond donors (Lipinski definition) is 0. The van der Waals surface area contributed by atoms with Crippen LogP contribution in [-0.2, 0) is 28.6 Å². The summed E-state index contributed by atoms with van der Waals surface area (Å²) in [6, 6.07) is 0. The Kier molecular flexibility index (Phi) is 60.3. The summed E-state index contributed by atoms with van der Waals surface area (Å²) >= 11 is 0. The first-order chi connectivity index (χ1) is 37.0. The molecule has 0 rings (SSSR count). The van der Waals surface area contributed by atoms with Gasteiger partial charge in [-0.1, -0.05) is 273 Å². The van der Waals surface area contributed by atoms with Gasteiger partial charge in [-0.3, -0.25) is 14.4 Å². The maximum atomic E-state index is 12.9. The van der Waals surface area contributed by atoms with Crippen LogP contribution in [0.1, 0.15) is 316 Å². The molecular formula is C69H120O6. The lowest BCUT2D eigenvalue weighted by Crippen LogP contribution is -2.30. The molecule has 0 fully saturated rings. The Morgan fingerprint density at radius 3 is 0.933 bits per heavy atom. The predicted molar refractivity (Wildman–Crippen MR) is 325 cm³/mol. The van der Waals surface area contributed by atoms with Gasteiger partial charge in [0.1, 0.15) is 13.2 Å². The molecule has 75 heavy (non-hydrogen) atoms. The Morgan fingerprint density at radius 2 is 0.560 bits per heavy atom. The van der Waals surface area contributed by atoms with Crippen molar-refractivity contribution in [2.45, 2.75) is 322 Å². The number of ether oxygens (including phenoxy) is 3. The van der Waals surface area contributed by atoms with Crippen LogP contribution in [0, 0.1) is 0 Å². The summed E-state index contributed by atoms with van der Waals surface area (Å²) in [5.74, 6) is -0.893. The van der Waals surface area contributed by atoms with Crippen molar-refractivity contribution in [3.05, 3.63) is 85.1 Å². The fourth-order valence-corrected chi connectivity index (χ4v) is 9.07. The number of unbranched alkanes of at least 4 members (excludes halogenated alkanes) is 34. The Morgan fingerprint density at radius 1 is 0.293 bits per heavy atom. The van der Waals surface area contributed by atoms with Crippen LogP contribution in [0.15, 0.2) is 85.1 Å². The first kappa shape index (κ1) is 71.6. The molecule has 0 aliphatic carbocycles. The lowest BCUT2D eigenvalue weighted by Gasteiger charge is -2.18. The van der Waals surface area contributed by atoms with Crippen molar-refractivity contribution in [2.24, 2.45) is 0 Å². The lowest BCUT2D eigenvalue weighted by atomic mass is 10.1. The summed E-state index contributed by atoms with van der Waals surface area (Å²) in [6.45, 7) is 6.52. The van der Waals surface area contributed by atoms with Gasteiger partial charge in [-0.25, -0.2) is 0 Å². The summed E-state index contributed by atoms with van der Waals surface area (Å²) in [5, 5.41) is 0. The predicted octanol–water partition coefficient (Wildman–Crippen LogP) is 21.9. The molecule has 6 heteroatoms. The molecule has 0 heterocycles. The molecule has 0 saturated heterocycles. The van der Waals surface area contributed by atoms with Gasteiger partial charge in [-0.05, 0) is 109 Å². The monoisotopic (exact) mass is 1040 g/mol. The fraction of sp³-hybridized carbons (Fsp3) is 0.754. The van der Waals surface area contributed by atoms with Crippen molar-refractivity contribution >= 4 is 17.9 Å². The van der Waals surface area contributed by atoms with E-state index in [0.29, 0.717) is 19.3 Å². The van der Waals surface area contributed by atoms with E-state index in [1.807, 2.05) is 0 Å². The standard InChI is InChI=1S/C69H120O6/c1-4-7-10-13-16-19-22-25-28-31-34-37-40-43-46-49-52-55-58-61-67(70)73-64-66(75-69(72)63-60-57-54-51-48-45-42-39-36-33-30-27-24-21-18-15-12-9-6-3)65-74-68(71)62-59-56-53-50-47-44-41-38-35-32-29-26-23-20-17-14-11-8-5-2/h7,10,16,18-19,21,24-25,27-28,32,34-35,37,66H,4-6,8-9,11-15,17,20,22-23,26,29-31,33,36,38-65H2,1-3H3/b10-7-,19-16-,21-18-,27-24-,28-25-,35-32-,37-34-. The average Bonchev–Trinajstić information content (AvgIpc) is 3.41. The highest BCUT2D eigenvalue weighted by Crippen LogP contribution is 2.16. The molecule has 1 unspecified atom stereocenters. The number of hydrogen-bond acceptors (Lipinski definition) is 6. The molecule has 0 saturated carbocycles. The van der Waals surface area contributed by atoms with E-state index in [9.17, 15) is 14.4 Å². The molecule has 6 nitrogen and oxygen atoms in total. The molecule has 0 amide bonds. The van der Waals surface area contributed by atoms with E-state index in [1.165, 1.54) is 186 Å². The summed E-state index contributed by atoms with van der Waals surface area (Å²) < 4.78 is 16.9. The van der Waals surface area contributed by atoms with E-state index in [-0.39, 0.29) is 31.1 Å². The zero-order chi connectivity index (χ0) is 54.3. The molecule has 0 spiro atoms. The van der Waals surface area contributed by atoms with Crippen molar-refractivity contribution < 1.29 is 28.6 Å². The second-order valence-electron chi connectivity index (χ2n) is 21.3. The summed E-state index contributed by atoms with van der Waals surface area (Å²) in [4.78, 5) is 38.4. The highest BCUT2D eigenvalue weighted by molar-refractivity contribution is 5.71. The number of rotatable bonds is 58. The molecular weight excluding hydrogens is 925 g/mol. The van der Waals surface area contributed by atoms with Crippen LogP contribution in [0.3, 0.4) is 0 Å². The van der Waals surface area contributed by atoms with Gasteiger partial charge in [0.2, 0.25) is 0 Å². The van der Waals surface area contributed by atoms with Gasteiger partial charge in [0.25, 0.3) is 0 Å². The molecule has 0 N–H and O–H groups in total. The first-order valence-corrected chi connectivity index (χ1v) is 32.1. The van der Waals surface area contributed by atoms with E-state index in [4.69, 9.17) is 14.2 Å². The van der Waals surface area contributed by atoms with E-state index >= 15 is 0 Å². The average molecular weight is 1050 g/mol. The van der Waals surface area contributed by atoms with Crippen molar-refractivity contribution in [1.29, 1.82) is 0 Å². The van der Waals surface area contributed by atoms with Crippen molar-refractivity contribution in [1.82, 2.24) is 0 Å². The highest BCUT2D eigenvalue weighted by Gasteiger charge is 2.19. The second-order valence-corrected chi connectivity index (χ2v) is 21.3. The number of carbonyl (C=O) groups excluding carboxylic acids is 3. The minimum absolute atomic E-state index is 0.0838. The van der Waals surface area contributed by atoms with Crippen LogP contribution in [0.2, 0.25) is 0 Å². The Hall–Kier alpha value is -3.41. The zero-order valence-electron chi connectivity index (χ0n) is 49.6. The molecule has 0 aromatic carbocycles. The largest absolute Gasteiger partial charge is 0.462 e. The highest BCUT2D eigenvalue weighted by atomic mass is 16.6. The van der Waals surface area contributed by atoms with Crippen LogP contribution in [-0.4, -0.2) is 37.2 Å². The Labute approximate surface area is 465 Å². The van der Waals surface area contributed by atoms with E-state index in [1.54, 1.807) is 0 Å². The second kappa shape index (κ2) is 63.1. The van der Waals surface area contributed by atoms with Crippen molar-refractivity contribution in [3.8, 4) is 0 Å². The molecule has 0 aliphatic heterocycles. The van der Waals surface area contributed by atoms with Crippen LogP contribution in [0.5, 0.6) is 0 Å². The van der Waals surface area contributed by atoms with Gasteiger partial charge in [0.15, 0.2) is 6.10 Å². The van der Waals surface area contributed by atoms with Gasteiger partial charge in [0.05, 0.1) is 0 Å². The third kappa shape index (κ3) is 61.3. The van der Waals surface area contributed by atoms with E-state index < -0.39 is 6.10 Å². The van der Waals surface area contributed by atoms with Crippen LogP contribution >= 0.6 is 0 Å². The third-order valence-electron chi connectivity index (χ3n) is 13.9. The number of allylic oxidation sites excluding steroid dienone is 14. The molecule has 0 aromatic rings. The van der Waals surface area contributed by atoms with Gasteiger partial charge in [-0.2, -0.15) is 0 Å². The fourth-order valence-electron chi connectivity index (χ4n) is 9.07. The zero-order valence-corrected chi connectivity index (χ0v) is 49.6. The van der Waals surface area contributed by atoms with Gasteiger partial charge in [0, 0.05) is 19.3 Å². The molecule has 1 atom stereocenters. The molecule has 0 aliphatic rings. The summed E-state index contributed by atoms with van der Waals surface area (Å²) in [5.41, 5.74) is 0. The SMILES string of the molecule is CC/C=C\C/C=C\C/C=C\C/C=C\CCCCCCCCC(=O)OCC(COC(=O)CCCCCCCCC/C=C\CCCCCCCCCC)OC(=O)CCCCCCCCCCCC/C=C\C=C/CCCCC. The van der Waals surface area contributed by atoms with Crippen molar-refractivity contribution in [3.63, 3.8) is 0 Å². The topological polar surface area (TPSA) is 78.9 Å². The first-order valence-electron chi connectivity index (χ1n) is 32.1. The molecule has 432 valence electrons. The summed E-state index contributed by atoms with van der Waals surface area (Å²) in [7, 11) is 0. The maximum absolute atomic E-state index is 12.9. The maximum Gasteiger partial charge on any atom is 0.306 e. The Bertz CT molecular complexity index is 1430. The number of esters is 3. The summed E-state index contributed by atoms with van der Waals surface area (Å²) in [6.07, 6.45) is 82.9. The van der Waals surface area contributed by atoms with E-state index in [0.717, 1.165) is 89.9 Å². The molecule has 0 radical (unpaired) electrons. The van der Waals surface area contributed by atoms with Gasteiger partial charge < -0.3 is 14.2 Å². The quantitative estimate of drug-likeness (QED) is 0.0199. The van der Waals surface area contributed by atoms with Gasteiger partial charge in [-0.15, -0.1) is 0 Å². The van der Waals surface area contributed by atoms with Crippen LogP contribution < -0.4 is 0 Å². The Balaban J connectivity index is 4.41. The van der Waals surface area contributed by atoms with Gasteiger partial charge >= 0.3 is 17.9 Å². The smallest absolute Gasteiger partial charge is 0.306 e. The third-order valence-corrected chi connectivity index (χ3v) is 13.9. The van der Waals surface area contributed by atoms with Crippen molar-refractivity contribution in [2.75, 3.05) is 13.2 Å². The lowest BCUT2D eigenvalue weighted by molar-refractivity contribution is -0.167. The van der Waals surface area contributed by atoms with E-state index in [2.05, 4.69) is 106 Å². The molecule has 0 aromatic heterocycles.